The van der Waals surface area contributed by atoms with E-state index in [-0.39, 0.29) is 11.4 Å². The van der Waals surface area contributed by atoms with E-state index in [1.54, 1.807) is 24.3 Å². The molecule has 4 N–H and O–H groups in total. The average molecular weight is 368 g/mol. The first-order valence-corrected chi connectivity index (χ1v) is 8.69. The maximum Gasteiger partial charge on any atom is 0.254 e. The van der Waals surface area contributed by atoms with Crippen LogP contribution in [0.3, 0.4) is 0 Å². The van der Waals surface area contributed by atoms with Crippen molar-refractivity contribution in [2.45, 2.75) is 11.0 Å². The molecule has 0 fully saturated rings. The number of carbonyl (C=O) groups excluding carboxylic acids is 1. The maximum absolute atomic E-state index is 13.8. The zero-order chi connectivity index (χ0) is 18.6. The Balaban J connectivity index is 2.12. The van der Waals surface area contributed by atoms with E-state index in [1.807, 2.05) is 0 Å². The molecule has 2 rings (SSSR count). The van der Waals surface area contributed by atoms with E-state index < -0.39 is 33.4 Å². The van der Waals surface area contributed by atoms with Gasteiger partial charge in [0.1, 0.15) is 11.6 Å². The van der Waals surface area contributed by atoms with E-state index in [9.17, 15) is 22.7 Å². The number of benzene rings is 2. The number of aliphatic hydroxyl groups is 1. The average Bonchev–Trinajstić information content (AvgIpc) is 2.58. The summed E-state index contributed by atoms with van der Waals surface area (Å²) in [5.74, 6) is -1.24. The zero-order valence-corrected chi connectivity index (χ0v) is 14.1. The van der Waals surface area contributed by atoms with Crippen LogP contribution in [0.1, 0.15) is 22.0 Å². The second-order valence-corrected chi connectivity index (χ2v) is 6.75. The Morgan fingerprint density at radius 2 is 2.04 bits per heavy atom. The molecule has 0 heterocycles. The van der Waals surface area contributed by atoms with Crippen LogP contribution >= 0.6 is 0 Å². The van der Waals surface area contributed by atoms with Crippen LogP contribution in [0.15, 0.2) is 47.4 Å². The molecule has 0 saturated heterocycles. The molecule has 0 aliphatic rings. The summed E-state index contributed by atoms with van der Waals surface area (Å²) in [6, 6.07) is 9.26. The van der Waals surface area contributed by atoms with Crippen LogP contribution in [0.25, 0.3) is 0 Å². The first kappa shape index (κ1) is 18.8. The SMILES string of the molecule is COc1cccc([C@@H](O)CNC(=O)c2cc(S(N)(=O)=O)ccc2F)c1. The Bertz CT molecular complexity index is 886. The van der Waals surface area contributed by atoms with Crippen molar-refractivity contribution >= 4 is 15.9 Å². The topological polar surface area (TPSA) is 119 Å². The van der Waals surface area contributed by atoms with Gasteiger partial charge in [-0.2, -0.15) is 0 Å². The van der Waals surface area contributed by atoms with E-state index in [4.69, 9.17) is 9.88 Å². The molecule has 1 amide bonds. The van der Waals surface area contributed by atoms with E-state index in [2.05, 4.69) is 5.32 Å². The number of rotatable bonds is 6. The third-order valence-electron chi connectivity index (χ3n) is 3.45. The zero-order valence-electron chi connectivity index (χ0n) is 13.3. The maximum atomic E-state index is 13.8. The van der Waals surface area contributed by atoms with Gasteiger partial charge < -0.3 is 15.2 Å². The lowest BCUT2D eigenvalue weighted by Crippen LogP contribution is -2.29. The van der Waals surface area contributed by atoms with Crippen LogP contribution in [-0.2, 0) is 10.0 Å². The van der Waals surface area contributed by atoms with Crippen LogP contribution in [0.2, 0.25) is 0 Å². The summed E-state index contributed by atoms with van der Waals surface area (Å²) in [6.07, 6.45) is -1.05. The molecule has 7 nitrogen and oxygen atoms in total. The summed E-state index contributed by atoms with van der Waals surface area (Å²) in [5.41, 5.74) is 0.0165. The van der Waals surface area contributed by atoms with Crippen molar-refractivity contribution in [3.63, 3.8) is 0 Å². The number of carbonyl (C=O) groups is 1. The van der Waals surface area contributed by atoms with Gasteiger partial charge in [-0.3, -0.25) is 4.79 Å². The van der Waals surface area contributed by atoms with Gasteiger partial charge in [-0.15, -0.1) is 0 Å². The van der Waals surface area contributed by atoms with Crippen molar-refractivity contribution in [2.75, 3.05) is 13.7 Å². The summed E-state index contributed by atoms with van der Waals surface area (Å²) in [5, 5.41) is 17.4. The minimum atomic E-state index is -4.07. The van der Waals surface area contributed by atoms with Gasteiger partial charge in [0.25, 0.3) is 5.91 Å². The summed E-state index contributed by atoms with van der Waals surface area (Å²) >= 11 is 0. The highest BCUT2D eigenvalue weighted by molar-refractivity contribution is 7.89. The highest BCUT2D eigenvalue weighted by Gasteiger charge is 2.18. The lowest BCUT2D eigenvalue weighted by Gasteiger charge is -2.14. The fourth-order valence-corrected chi connectivity index (χ4v) is 2.65. The second-order valence-electron chi connectivity index (χ2n) is 5.19. The van der Waals surface area contributed by atoms with Crippen molar-refractivity contribution in [1.29, 1.82) is 0 Å². The monoisotopic (exact) mass is 368 g/mol. The van der Waals surface area contributed by atoms with Crippen molar-refractivity contribution < 1.29 is 27.4 Å². The minimum absolute atomic E-state index is 0.203. The third kappa shape index (κ3) is 4.75. The van der Waals surface area contributed by atoms with E-state index >= 15 is 0 Å². The number of sulfonamides is 1. The number of amides is 1. The number of hydrogen-bond donors (Lipinski definition) is 3. The summed E-state index contributed by atoms with van der Waals surface area (Å²) < 4.78 is 41.4. The van der Waals surface area contributed by atoms with Crippen molar-refractivity contribution in [3.8, 4) is 5.75 Å². The van der Waals surface area contributed by atoms with Crippen LogP contribution in [-0.4, -0.2) is 33.1 Å². The van der Waals surface area contributed by atoms with Gasteiger partial charge >= 0.3 is 0 Å². The molecule has 0 aliphatic heterocycles. The Morgan fingerprint density at radius 3 is 2.68 bits per heavy atom. The molecule has 9 heteroatoms. The van der Waals surface area contributed by atoms with Gasteiger partial charge in [-0.05, 0) is 35.9 Å². The number of aliphatic hydroxyl groups excluding tert-OH is 1. The van der Waals surface area contributed by atoms with Crippen molar-refractivity contribution in [1.82, 2.24) is 5.32 Å². The molecule has 0 unspecified atom stereocenters. The molecule has 2 aromatic rings. The standard InChI is InChI=1S/C16H17FN2O5S/c1-24-11-4-2-3-10(7-11)15(20)9-19-16(21)13-8-12(25(18,22)23)5-6-14(13)17/h2-8,15,20H,9H2,1H3,(H,19,21)(H2,18,22,23)/t15-/m0/s1. The second kappa shape index (κ2) is 7.60. The van der Waals surface area contributed by atoms with Gasteiger partial charge in [0, 0.05) is 6.54 Å². The largest absolute Gasteiger partial charge is 0.497 e. The molecule has 1 atom stereocenters. The first-order valence-electron chi connectivity index (χ1n) is 7.15. The number of hydrogen-bond acceptors (Lipinski definition) is 5. The van der Waals surface area contributed by atoms with Crippen molar-refractivity contribution in [3.05, 3.63) is 59.4 Å². The van der Waals surface area contributed by atoms with Crippen LogP contribution in [0.5, 0.6) is 5.75 Å². The number of primary sulfonamides is 1. The molecule has 0 spiro atoms. The van der Waals surface area contributed by atoms with Crippen LogP contribution in [0.4, 0.5) is 4.39 Å². The normalized spacial score (nSPS) is 12.5. The Hall–Kier alpha value is -2.49. The fourth-order valence-electron chi connectivity index (χ4n) is 2.11. The lowest BCUT2D eigenvalue weighted by atomic mass is 10.1. The number of nitrogens with one attached hydrogen (secondary N) is 1. The van der Waals surface area contributed by atoms with E-state index in [0.29, 0.717) is 11.3 Å². The predicted molar refractivity (Wildman–Crippen MR) is 88.1 cm³/mol. The highest BCUT2D eigenvalue weighted by atomic mass is 32.2. The lowest BCUT2D eigenvalue weighted by molar-refractivity contribution is 0.0912. The number of halogens is 1. The van der Waals surface area contributed by atoms with Gasteiger partial charge in [0.2, 0.25) is 10.0 Å². The summed E-state index contributed by atoms with van der Waals surface area (Å²) in [6.45, 7) is -0.203. The molecular weight excluding hydrogens is 351 g/mol. The minimum Gasteiger partial charge on any atom is -0.497 e. The molecule has 0 aromatic heterocycles. The predicted octanol–water partition coefficient (Wildman–Crippen LogP) is 0.945. The Kier molecular flexibility index (Phi) is 5.73. The third-order valence-corrected chi connectivity index (χ3v) is 4.36. The van der Waals surface area contributed by atoms with Crippen LogP contribution in [0, 0.1) is 5.82 Å². The van der Waals surface area contributed by atoms with Gasteiger partial charge in [0.15, 0.2) is 0 Å². The number of ether oxygens (including phenoxy) is 1. The quantitative estimate of drug-likeness (QED) is 0.701. The molecule has 134 valence electrons. The van der Waals surface area contributed by atoms with Gasteiger partial charge in [-0.1, -0.05) is 12.1 Å². The molecular formula is C16H17FN2O5S. The molecule has 0 aliphatic carbocycles. The molecule has 0 saturated carbocycles. The fraction of sp³-hybridized carbons (Fsp3) is 0.188. The highest BCUT2D eigenvalue weighted by Crippen LogP contribution is 2.19. The Labute approximate surface area is 144 Å². The molecule has 2 aromatic carbocycles. The summed E-state index contributed by atoms with van der Waals surface area (Å²) in [7, 11) is -2.59. The van der Waals surface area contributed by atoms with Gasteiger partial charge in [-0.25, -0.2) is 17.9 Å². The number of methoxy groups -OCH3 is 1. The summed E-state index contributed by atoms with van der Waals surface area (Å²) in [4.78, 5) is 11.7. The Morgan fingerprint density at radius 1 is 1.32 bits per heavy atom. The number of nitrogens with two attached hydrogens (primary N) is 1. The first-order chi connectivity index (χ1) is 11.7. The van der Waals surface area contributed by atoms with Crippen LogP contribution < -0.4 is 15.2 Å². The smallest absolute Gasteiger partial charge is 0.254 e. The van der Waals surface area contributed by atoms with E-state index in [1.165, 1.54) is 7.11 Å². The molecule has 0 bridgehead atoms. The molecule has 0 radical (unpaired) electrons. The van der Waals surface area contributed by atoms with Crippen molar-refractivity contribution in [2.24, 2.45) is 5.14 Å². The molecule has 25 heavy (non-hydrogen) atoms. The van der Waals surface area contributed by atoms with Gasteiger partial charge in [0.05, 0.1) is 23.7 Å². The van der Waals surface area contributed by atoms with E-state index in [0.717, 1.165) is 18.2 Å².